The van der Waals surface area contributed by atoms with Crippen LogP contribution in [-0.4, -0.2) is 19.6 Å². The number of hydrogen-bond acceptors (Lipinski definition) is 5. The smallest absolute Gasteiger partial charge is 0.294 e. The summed E-state index contributed by atoms with van der Waals surface area (Å²) >= 11 is 2.49. The van der Waals surface area contributed by atoms with Crippen molar-refractivity contribution in [1.29, 1.82) is 0 Å². The molecule has 0 aliphatic carbocycles. The summed E-state index contributed by atoms with van der Waals surface area (Å²) in [5.74, 6) is 0.768. The molecule has 3 rings (SSSR count). The molecule has 0 aliphatic rings. The van der Waals surface area contributed by atoms with Crippen LogP contribution in [0.15, 0.2) is 44.3 Å². The van der Waals surface area contributed by atoms with Crippen LogP contribution in [0.1, 0.15) is 6.92 Å². The number of rotatable bonds is 4. The average Bonchev–Trinajstić information content (AvgIpc) is 3.09. The van der Waals surface area contributed by atoms with Crippen molar-refractivity contribution < 1.29 is 13.2 Å². The first-order valence-corrected chi connectivity index (χ1v) is 9.72. The van der Waals surface area contributed by atoms with Gasteiger partial charge in [-0.15, -0.1) is 15.7 Å². The lowest BCUT2D eigenvalue weighted by molar-refractivity contribution is 0.341. The van der Waals surface area contributed by atoms with Crippen LogP contribution in [0.4, 0.5) is 0 Å². The Labute approximate surface area is 136 Å². The molecule has 0 fully saturated rings. The van der Waals surface area contributed by atoms with Gasteiger partial charge in [0.25, 0.3) is 10.0 Å². The van der Waals surface area contributed by atoms with Gasteiger partial charge in [-0.25, -0.2) is 0 Å². The fourth-order valence-corrected chi connectivity index (χ4v) is 5.26. The van der Waals surface area contributed by atoms with Crippen LogP contribution in [0, 0.1) is 0 Å². The third-order valence-electron chi connectivity index (χ3n) is 3.04. The molecule has 0 unspecified atom stereocenters. The number of thiazole rings is 1. The van der Waals surface area contributed by atoms with Gasteiger partial charge < -0.3 is 9.30 Å². The second-order valence-corrected chi connectivity index (χ2v) is 8.29. The lowest BCUT2D eigenvalue weighted by Crippen LogP contribution is -2.13. The van der Waals surface area contributed by atoms with Gasteiger partial charge >= 0.3 is 0 Å². The van der Waals surface area contributed by atoms with Crippen molar-refractivity contribution >= 4 is 42.9 Å². The fourth-order valence-electron chi connectivity index (χ4n) is 2.02. The SMILES string of the molecule is CCOc1ccc2c(c1)s/c(=N\S(=O)(=O)c1cccs1)n2C. The molecule has 0 aliphatic heterocycles. The van der Waals surface area contributed by atoms with E-state index in [9.17, 15) is 8.42 Å². The minimum absolute atomic E-state index is 0.250. The Morgan fingerprint density at radius 1 is 1.32 bits per heavy atom. The van der Waals surface area contributed by atoms with E-state index >= 15 is 0 Å². The summed E-state index contributed by atoms with van der Waals surface area (Å²) < 4.78 is 37.0. The zero-order chi connectivity index (χ0) is 15.7. The van der Waals surface area contributed by atoms with Crippen molar-refractivity contribution in [2.75, 3.05) is 6.61 Å². The molecule has 0 N–H and O–H groups in total. The molecule has 116 valence electrons. The van der Waals surface area contributed by atoms with Gasteiger partial charge in [-0.05, 0) is 36.6 Å². The Bertz CT molecular complexity index is 967. The number of ether oxygens (including phenoxy) is 1. The van der Waals surface area contributed by atoms with Gasteiger partial charge in [0.1, 0.15) is 9.96 Å². The summed E-state index contributed by atoms with van der Waals surface area (Å²) in [6, 6.07) is 8.94. The number of hydrogen-bond donors (Lipinski definition) is 0. The van der Waals surface area contributed by atoms with Crippen LogP contribution < -0.4 is 9.54 Å². The molecule has 2 aromatic heterocycles. The Kier molecular flexibility index (Phi) is 4.07. The zero-order valence-corrected chi connectivity index (χ0v) is 14.5. The van der Waals surface area contributed by atoms with Gasteiger partial charge in [-0.2, -0.15) is 8.42 Å². The summed E-state index contributed by atoms with van der Waals surface area (Å²) in [5.41, 5.74) is 0.925. The first-order chi connectivity index (χ1) is 10.5. The Morgan fingerprint density at radius 3 is 2.82 bits per heavy atom. The van der Waals surface area contributed by atoms with Crippen molar-refractivity contribution in [2.45, 2.75) is 11.1 Å². The van der Waals surface area contributed by atoms with Gasteiger partial charge in [-0.3, -0.25) is 0 Å². The maximum Gasteiger partial charge on any atom is 0.294 e. The van der Waals surface area contributed by atoms with Crippen LogP contribution in [0.2, 0.25) is 0 Å². The number of fused-ring (bicyclic) bond motifs is 1. The summed E-state index contributed by atoms with van der Waals surface area (Å²) in [7, 11) is -1.85. The fraction of sp³-hybridized carbons (Fsp3) is 0.214. The summed E-state index contributed by atoms with van der Waals surface area (Å²) in [4.78, 5) is 0.442. The molecule has 2 heterocycles. The Balaban J connectivity index is 2.15. The highest BCUT2D eigenvalue weighted by Gasteiger charge is 2.15. The van der Waals surface area contributed by atoms with Crippen molar-refractivity contribution in [3.05, 3.63) is 40.5 Å². The minimum Gasteiger partial charge on any atom is -0.494 e. The highest BCUT2D eigenvalue weighted by Crippen LogP contribution is 2.24. The molecule has 0 saturated carbocycles. The van der Waals surface area contributed by atoms with Gasteiger partial charge in [0.2, 0.25) is 4.80 Å². The predicted octanol–water partition coefficient (Wildman–Crippen LogP) is 2.99. The van der Waals surface area contributed by atoms with Crippen LogP contribution in [0.3, 0.4) is 0 Å². The van der Waals surface area contributed by atoms with E-state index in [1.54, 1.807) is 22.1 Å². The topological polar surface area (TPSA) is 60.7 Å². The van der Waals surface area contributed by atoms with Crippen molar-refractivity contribution in [3.8, 4) is 5.75 Å². The van der Waals surface area contributed by atoms with E-state index in [4.69, 9.17) is 4.74 Å². The molecule has 0 bridgehead atoms. The molecule has 0 atom stereocenters. The van der Waals surface area contributed by atoms with Crippen molar-refractivity contribution in [1.82, 2.24) is 4.57 Å². The normalized spacial score (nSPS) is 12.9. The standard InChI is InChI=1S/C14H14N2O3S3/c1-3-19-10-6-7-11-12(9-10)21-14(16(11)2)15-22(17,18)13-5-4-8-20-13/h4-9H,3H2,1-2H3/b15-14-. The van der Waals surface area contributed by atoms with E-state index in [-0.39, 0.29) is 4.21 Å². The second kappa shape index (κ2) is 5.86. The number of aryl methyl sites for hydroxylation is 1. The number of thiophene rings is 1. The number of nitrogens with zero attached hydrogens (tertiary/aromatic N) is 2. The van der Waals surface area contributed by atoms with Gasteiger partial charge in [-0.1, -0.05) is 17.4 Å². The average molecular weight is 354 g/mol. The van der Waals surface area contributed by atoms with E-state index in [1.807, 2.05) is 32.2 Å². The molecule has 0 radical (unpaired) electrons. The molecule has 0 amide bonds. The van der Waals surface area contributed by atoms with Crippen LogP contribution in [0.5, 0.6) is 5.75 Å². The number of aromatic nitrogens is 1. The Morgan fingerprint density at radius 2 is 2.14 bits per heavy atom. The number of benzene rings is 1. The van der Waals surface area contributed by atoms with Gasteiger partial charge in [0, 0.05) is 7.05 Å². The number of sulfonamides is 1. The molecule has 8 heteroatoms. The second-order valence-electron chi connectivity index (χ2n) is 4.50. The highest BCUT2D eigenvalue weighted by molar-refractivity contribution is 7.92. The summed E-state index contributed by atoms with van der Waals surface area (Å²) in [6.45, 7) is 2.51. The van der Waals surface area contributed by atoms with E-state index in [2.05, 4.69) is 4.40 Å². The van der Waals surface area contributed by atoms with Gasteiger partial charge in [0.15, 0.2) is 0 Å². The molecular formula is C14H14N2O3S3. The largest absolute Gasteiger partial charge is 0.494 e. The first-order valence-electron chi connectivity index (χ1n) is 6.58. The predicted molar refractivity (Wildman–Crippen MR) is 89.0 cm³/mol. The van der Waals surface area contributed by atoms with Gasteiger partial charge in [0.05, 0.1) is 16.8 Å². The third kappa shape index (κ3) is 2.81. The van der Waals surface area contributed by atoms with Crippen LogP contribution in [-0.2, 0) is 17.1 Å². The van der Waals surface area contributed by atoms with Crippen LogP contribution >= 0.6 is 22.7 Å². The molecule has 0 spiro atoms. The van der Waals surface area contributed by atoms with Crippen molar-refractivity contribution in [3.63, 3.8) is 0 Å². The molecule has 3 aromatic rings. The van der Waals surface area contributed by atoms with E-state index in [0.717, 1.165) is 27.3 Å². The maximum atomic E-state index is 12.3. The highest BCUT2D eigenvalue weighted by atomic mass is 32.2. The van der Waals surface area contributed by atoms with E-state index < -0.39 is 10.0 Å². The third-order valence-corrected chi connectivity index (χ3v) is 6.89. The van der Waals surface area contributed by atoms with Crippen molar-refractivity contribution in [2.24, 2.45) is 11.4 Å². The van der Waals surface area contributed by atoms with E-state index in [0.29, 0.717) is 11.4 Å². The first kappa shape index (κ1) is 15.3. The summed E-state index contributed by atoms with van der Waals surface area (Å²) in [5, 5.41) is 1.72. The Hall–Kier alpha value is -1.64. The lowest BCUT2D eigenvalue weighted by atomic mass is 10.3. The summed E-state index contributed by atoms with van der Waals surface area (Å²) in [6.07, 6.45) is 0. The lowest BCUT2D eigenvalue weighted by Gasteiger charge is -2.02. The monoisotopic (exact) mass is 354 g/mol. The molecular weight excluding hydrogens is 340 g/mol. The zero-order valence-electron chi connectivity index (χ0n) is 12.0. The van der Waals surface area contributed by atoms with E-state index in [1.165, 1.54) is 11.3 Å². The van der Waals surface area contributed by atoms with Crippen LogP contribution in [0.25, 0.3) is 10.2 Å². The maximum absolute atomic E-state index is 12.3. The molecule has 0 saturated heterocycles. The minimum atomic E-state index is -3.66. The molecule has 5 nitrogen and oxygen atoms in total. The quantitative estimate of drug-likeness (QED) is 0.724. The molecule has 22 heavy (non-hydrogen) atoms. The molecule has 1 aromatic carbocycles.